The highest BCUT2D eigenvalue weighted by atomic mass is 79.9. The topological polar surface area (TPSA) is 24.9 Å². The van der Waals surface area contributed by atoms with Gasteiger partial charge in [0.15, 0.2) is 0 Å². The minimum absolute atomic E-state index is 0.574. The van der Waals surface area contributed by atoms with Gasteiger partial charge in [-0.15, -0.1) is 0 Å². The van der Waals surface area contributed by atoms with Crippen molar-refractivity contribution in [1.82, 2.24) is 4.98 Å². The molecular weight excluding hydrogens is 264 g/mol. The molecule has 0 aliphatic heterocycles. The third-order valence-corrected chi connectivity index (χ3v) is 3.92. The van der Waals surface area contributed by atoms with Gasteiger partial charge in [0, 0.05) is 12.2 Å². The summed E-state index contributed by atoms with van der Waals surface area (Å²) in [7, 11) is 0. The van der Waals surface area contributed by atoms with Gasteiger partial charge >= 0.3 is 0 Å². The fourth-order valence-corrected chi connectivity index (χ4v) is 3.12. The lowest BCUT2D eigenvalue weighted by molar-refractivity contribution is 0.280. The number of halogens is 1. The van der Waals surface area contributed by atoms with Gasteiger partial charge in [-0.2, -0.15) is 0 Å². The molecule has 1 fully saturated rings. The van der Waals surface area contributed by atoms with Crippen molar-refractivity contribution in [3.05, 3.63) is 22.8 Å². The molecule has 1 aromatic heterocycles. The zero-order valence-corrected chi connectivity index (χ0v) is 11.5. The molecule has 1 aliphatic carbocycles. The van der Waals surface area contributed by atoms with E-state index >= 15 is 0 Å². The van der Waals surface area contributed by atoms with Gasteiger partial charge in [0.05, 0.1) is 4.47 Å². The second kappa shape index (κ2) is 5.17. The van der Waals surface area contributed by atoms with E-state index in [9.17, 15) is 0 Å². The summed E-state index contributed by atoms with van der Waals surface area (Å²) in [5.74, 6) is 2.63. The number of aromatic nitrogens is 1. The maximum Gasteiger partial charge on any atom is 0.140 e. The van der Waals surface area contributed by atoms with E-state index in [2.05, 4.69) is 40.1 Å². The van der Waals surface area contributed by atoms with Crippen molar-refractivity contribution in [2.45, 2.75) is 39.2 Å². The lowest BCUT2D eigenvalue weighted by Crippen LogP contribution is -2.30. The molecule has 1 saturated carbocycles. The number of nitrogens with zero attached hydrogens (tertiary/aromatic N) is 1. The van der Waals surface area contributed by atoms with Crippen molar-refractivity contribution in [3.8, 4) is 0 Å². The second-order valence-corrected chi connectivity index (χ2v) is 5.95. The molecular formula is C13H19BrN2. The molecule has 16 heavy (non-hydrogen) atoms. The molecule has 0 amide bonds. The molecule has 88 valence electrons. The molecule has 1 aliphatic rings. The Hall–Kier alpha value is -0.570. The van der Waals surface area contributed by atoms with Gasteiger partial charge in [0.25, 0.3) is 0 Å². The Morgan fingerprint density at radius 2 is 1.94 bits per heavy atom. The van der Waals surface area contributed by atoms with Crippen LogP contribution in [-0.2, 0) is 0 Å². The van der Waals surface area contributed by atoms with Crippen LogP contribution in [0.25, 0.3) is 0 Å². The number of hydrogen-bond acceptors (Lipinski definition) is 2. The summed E-state index contributed by atoms with van der Waals surface area (Å²) >= 11 is 3.53. The van der Waals surface area contributed by atoms with Crippen LogP contribution in [0.3, 0.4) is 0 Å². The average molecular weight is 283 g/mol. The Morgan fingerprint density at radius 1 is 1.25 bits per heavy atom. The molecule has 2 nitrogen and oxygen atoms in total. The summed E-state index contributed by atoms with van der Waals surface area (Å²) in [5.41, 5.74) is 0. The van der Waals surface area contributed by atoms with Crippen LogP contribution in [0.4, 0.5) is 5.82 Å². The molecule has 1 heterocycles. The van der Waals surface area contributed by atoms with Gasteiger partial charge in [-0.1, -0.05) is 13.8 Å². The summed E-state index contributed by atoms with van der Waals surface area (Å²) in [6.45, 7) is 4.69. The third-order valence-electron chi connectivity index (χ3n) is 3.28. The van der Waals surface area contributed by atoms with Gasteiger partial charge in [-0.05, 0) is 59.2 Å². The summed E-state index contributed by atoms with van der Waals surface area (Å²) < 4.78 is 1.06. The van der Waals surface area contributed by atoms with Gasteiger partial charge < -0.3 is 5.32 Å². The minimum Gasteiger partial charge on any atom is -0.366 e. The highest BCUT2D eigenvalue weighted by molar-refractivity contribution is 9.10. The minimum atomic E-state index is 0.574. The summed E-state index contributed by atoms with van der Waals surface area (Å²) in [6.07, 6.45) is 5.71. The lowest BCUT2D eigenvalue weighted by Gasteiger charge is -2.32. The molecule has 1 N–H and O–H groups in total. The van der Waals surface area contributed by atoms with Crippen molar-refractivity contribution in [3.63, 3.8) is 0 Å². The van der Waals surface area contributed by atoms with Crippen molar-refractivity contribution in [2.75, 3.05) is 5.32 Å². The van der Waals surface area contributed by atoms with E-state index < -0.39 is 0 Å². The monoisotopic (exact) mass is 282 g/mol. The molecule has 1 aromatic rings. The lowest BCUT2D eigenvalue weighted by atomic mass is 9.80. The number of nitrogens with one attached hydrogen (secondary N) is 1. The zero-order chi connectivity index (χ0) is 11.5. The van der Waals surface area contributed by atoms with Crippen molar-refractivity contribution >= 4 is 21.7 Å². The summed E-state index contributed by atoms with van der Waals surface area (Å²) in [6, 6.07) is 4.55. The van der Waals surface area contributed by atoms with Crippen LogP contribution in [0.15, 0.2) is 22.8 Å². The van der Waals surface area contributed by atoms with Gasteiger partial charge in [0.2, 0.25) is 0 Å². The second-order valence-electron chi connectivity index (χ2n) is 5.09. The predicted molar refractivity (Wildman–Crippen MR) is 71.5 cm³/mol. The Labute approximate surface area is 106 Å². The van der Waals surface area contributed by atoms with Crippen molar-refractivity contribution in [1.29, 1.82) is 0 Å². The molecule has 0 spiro atoms. The first kappa shape index (κ1) is 11.9. The van der Waals surface area contributed by atoms with Crippen molar-refractivity contribution < 1.29 is 0 Å². The first-order chi connectivity index (χ1) is 7.65. The molecule has 3 heteroatoms. The Morgan fingerprint density at radius 3 is 2.56 bits per heavy atom. The van der Waals surface area contributed by atoms with Gasteiger partial charge in [0.1, 0.15) is 5.82 Å². The van der Waals surface area contributed by atoms with E-state index in [4.69, 9.17) is 0 Å². The number of pyridine rings is 1. The first-order valence-corrected chi connectivity index (χ1v) is 6.81. The Kier molecular flexibility index (Phi) is 3.85. The van der Waals surface area contributed by atoms with Crippen LogP contribution in [0.2, 0.25) is 0 Å². The van der Waals surface area contributed by atoms with E-state index in [0.717, 1.165) is 22.1 Å². The third kappa shape index (κ3) is 2.97. The number of rotatable bonds is 2. The zero-order valence-electron chi connectivity index (χ0n) is 9.91. The van der Waals surface area contributed by atoms with E-state index in [1.54, 1.807) is 0 Å². The number of anilines is 1. The molecule has 0 aromatic carbocycles. The first-order valence-electron chi connectivity index (χ1n) is 6.02. The SMILES string of the molecule is CC1CC(C)CC(Nc2ncccc2Br)C1. The van der Waals surface area contributed by atoms with Gasteiger partial charge in [-0.25, -0.2) is 4.98 Å². The van der Waals surface area contributed by atoms with E-state index in [1.165, 1.54) is 19.3 Å². The average Bonchev–Trinajstić information content (AvgIpc) is 2.20. The molecule has 0 saturated heterocycles. The maximum atomic E-state index is 4.36. The summed E-state index contributed by atoms with van der Waals surface area (Å²) in [5, 5.41) is 3.55. The van der Waals surface area contributed by atoms with E-state index in [1.807, 2.05) is 18.3 Å². The highest BCUT2D eigenvalue weighted by Gasteiger charge is 2.24. The quantitative estimate of drug-likeness (QED) is 0.884. The Balaban J connectivity index is 2.02. The van der Waals surface area contributed by atoms with Crippen LogP contribution in [0.5, 0.6) is 0 Å². The number of hydrogen-bond donors (Lipinski definition) is 1. The van der Waals surface area contributed by atoms with Crippen LogP contribution < -0.4 is 5.32 Å². The summed E-state index contributed by atoms with van der Waals surface area (Å²) in [4.78, 5) is 4.36. The highest BCUT2D eigenvalue weighted by Crippen LogP contribution is 2.31. The standard InChI is InChI=1S/C13H19BrN2/c1-9-6-10(2)8-11(7-9)16-13-12(14)4-3-5-15-13/h3-5,9-11H,6-8H2,1-2H3,(H,15,16). The fraction of sp³-hybridized carbons (Fsp3) is 0.615. The predicted octanol–water partition coefficient (Wildman–Crippen LogP) is 4.08. The molecule has 0 radical (unpaired) electrons. The van der Waals surface area contributed by atoms with E-state index in [-0.39, 0.29) is 0 Å². The molecule has 2 unspecified atom stereocenters. The largest absolute Gasteiger partial charge is 0.366 e. The van der Waals surface area contributed by atoms with Crippen LogP contribution >= 0.6 is 15.9 Å². The Bertz CT molecular complexity index is 344. The molecule has 2 atom stereocenters. The molecule has 2 rings (SSSR count). The molecule has 0 bridgehead atoms. The smallest absolute Gasteiger partial charge is 0.140 e. The van der Waals surface area contributed by atoms with Crippen LogP contribution in [-0.4, -0.2) is 11.0 Å². The van der Waals surface area contributed by atoms with Crippen LogP contribution in [0.1, 0.15) is 33.1 Å². The van der Waals surface area contributed by atoms with Crippen molar-refractivity contribution in [2.24, 2.45) is 11.8 Å². The normalized spacial score (nSPS) is 30.1. The maximum absolute atomic E-state index is 4.36. The fourth-order valence-electron chi connectivity index (χ4n) is 2.75. The van der Waals surface area contributed by atoms with Gasteiger partial charge in [-0.3, -0.25) is 0 Å². The van der Waals surface area contributed by atoms with Crippen LogP contribution in [0, 0.1) is 11.8 Å². The van der Waals surface area contributed by atoms with E-state index in [0.29, 0.717) is 6.04 Å².